The van der Waals surface area contributed by atoms with Gasteiger partial charge in [-0.25, -0.2) is 4.79 Å². The Morgan fingerprint density at radius 3 is 3.00 bits per heavy atom. The van der Waals surface area contributed by atoms with Crippen molar-refractivity contribution in [1.82, 2.24) is 0 Å². The molecule has 6 atom stereocenters. The average molecular weight is 207 g/mol. The van der Waals surface area contributed by atoms with Crippen molar-refractivity contribution in [2.75, 3.05) is 0 Å². The molecule has 0 aromatic rings. The number of rotatable bonds is 1. The summed E-state index contributed by atoms with van der Waals surface area (Å²) in [6.07, 6.45) is 6.32. The fourth-order valence-electron chi connectivity index (χ4n) is 4.27. The second-order valence-corrected chi connectivity index (χ2v) is 5.22. The van der Waals surface area contributed by atoms with Gasteiger partial charge >= 0.3 is 6.09 Å². The maximum absolute atomic E-state index is 10.8. The van der Waals surface area contributed by atoms with Crippen molar-refractivity contribution in [3.63, 3.8) is 0 Å². The molecule has 0 aromatic carbocycles. The van der Waals surface area contributed by atoms with Crippen LogP contribution in [0.25, 0.3) is 0 Å². The number of carbonyl (C=O) groups is 1. The van der Waals surface area contributed by atoms with Gasteiger partial charge in [0.25, 0.3) is 0 Å². The van der Waals surface area contributed by atoms with E-state index in [9.17, 15) is 4.79 Å². The summed E-state index contributed by atoms with van der Waals surface area (Å²) in [5, 5.41) is 0. The molecule has 0 spiro atoms. The van der Waals surface area contributed by atoms with Gasteiger partial charge in [-0.15, -0.1) is 0 Å². The molecule has 0 heterocycles. The smallest absolute Gasteiger partial charge is 0.404 e. The molecule has 0 aliphatic heterocycles. The van der Waals surface area contributed by atoms with E-state index in [1.165, 1.54) is 6.42 Å². The summed E-state index contributed by atoms with van der Waals surface area (Å²) in [5.74, 6) is 3.40. The van der Waals surface area contributed by atoms with Crippen LogP contribution in [0.1, 0.15) is 19.8 Å². The molecule has 2 fully saturated rings. The van der Waals surface area contributed by atoms with E-state index in [-0.39, 0.29) is 6.10 Å². The van der Waals surface area contributed by atoms with Gasteiger partial charge in [-0.2, -0.15) is 0 Å². The normalized spacial score (nSPS) is 50.7. The third kappa shape index (κ3) is 1.15. The van der Waals surface area contributed by atoms with Crippen LogP contribution in [0.5, 0.6) is 0 Å². The van der Waals surface area contributed by atoms with E-state index >= 15 is 0 Å². The summed E-state index contributed by atoms with van der Waals surface area (Å²) < 4.78 is 5.23. The van der Waals surface area contributed by atoms with Crippen molar-refractivity contribution in [3.8, 4) is 0 Å². The van der Waals surface area contributed by atoms with Crippen molar-refractivity contribution in [2.45, 2.75) is 25.9 Å². The highest BCUT2D eigenvalue weighted by Crippen LogP contribution is 2.60. The van der Waals surface area contributed by atoms with Crippen molar-refractivity contribution in [2.24, 2.45) is 35.3 Å². The number of hydrogen-bond acceptors (Lipinski definition) is 2. The van der Waals surface area contributed by atoms with Gasteiger partial charge < -0.3 is 10.5 Å². The quantitative estimate of drug-likeness (QED) is 0.668. The SMILES string of the molecule is C[C@H]1C2CC(OC(N)=O)C1C1C=CCC12. The van der Waals surface area contributed by atoms with E-state index in [2.05, 4.69) is 19.1 Å². The molecule has 0 aromatic heterocycles. The molecule has 2 N–H and O–H groups in total. The van der Waals surface area contributed by atoms with Crippen LogP contribution in [0.4, 0.5) is 4.79 Å². The molecule has 3 rings (SSSR count). The molecule has 1 amide bonds. The minimum atomic E-state index is -0.613. The lowest BCUT2D eigenvalue weighted by atomic mass is 9.80. The third-order valence-corrected chi connectivity index (χ3v) is 4.74. The lowest BCUT2D eigenvalue weighted by Crippen LogP contribution is -2.33. The molecule has 2 bridgehead atoms. The van der Waals surface area contributed by atoms with Gasteiger partial charge in [0, 0.05) is 5.92 Å². The van der Waals surface area contributed by atoms with Crippen molar-refractivity contribution in [3.05, 3.63) is 12.2 Å². The molecule has 0 saturated heterocycles. The van der Waals surface area contributed by atoms with Crippen molar-refractivity contribution < 1.29 is 9.53 Å². The van der Waals surface area contributed by atoms with Gasteiger partial charge in [0.15, 0.2) is 0 Å². The van der Waals surface area contributed by atoms with Crippen molar-refractivity contribution in [1.29, 1.82) is 0 Å². The number of hydrogen-bond donors (Lipinski definition) is 1. The Labute approximate surface area is 89.7 Å². The summed E-state index contributed by atoms with van der Waals surface area (Å²) in [4.78, 5) is 10.8. The number of allylic oxidation sites excluding steroid dienone is 2. The van der Waals surface area contributed by atoms with Crippen LogP contribution in [0, 0.1) is 29.6 Å². The molecular weight excluding hydrogens is 190 g/mol. The standard InChI is InChI=1S/C12H17NO2/c1-6-9-5-10(15-12(13)14)11(6)8-4-2-3-7(8)9/h2,4,6-11H,3,5H2,1H3,(H2,13,14)/t6-,7?,8?,9?,10?,11?/m0/s1. The fraction of sp³-hybridized carbons (Fsp3) is 0.750. The number of primary amides is 1. The van der Waals surface area contributed by atoms with Gasteiger partial charge in [-0.3, -0.25) is 0 Å². The first-order chi connectivity index (χ1) is 7.18. The van der Waals surface area contributed by atoms with E-state index in [4.69, 9.17) is 10.5 Å². The maximum atomic E-state index is 10.8. The van der Waals surface area contributed by atoms with Crippen LogP contribution in [0.2, 0.25) is 0 Å². The van der Waals surface area contributed by atoms with Crippen LogP contribution in [0.3, 0.4) is 0 Å². The number of ether oxygens (including phenoxy) is 1. The van der Waals surface area contributed by atoms with Crippen LogP contribution in [0.15, 0.2) is 12.2 Å². The van der Waals surface area contributed by atoms with Gasteiger partial charge in [-0.05, 0) is 36.5 Å². The van der Waals surface area contributed by atoms with Gasteiger partial charge in [0.1, 0.15) is 6.10 Å². The molecule has 2 saturated carbocycles. The third-order valence-electron chi connectivity index (χ3n) is 4.74. The van der Waals surface area contributed by atoms with Crippen molar-refractivity contribution >= 4 is 6.09 Å². The average Bonchev–Trinajstić information content (AvgIpc) is 2.76. The van der Waals surface area contributed by atoms with E-state index in [0.717, 1.165) is 18.3 Å². The monoisotopic (exact) mass is 207 g/mol. The van der Waals surface area contributed by atoms with Crippen LogP contribution < -0.4 is 5.73 Å². The molecule has 3 heteroatoms. The molecular formula is C12H17NO2. The summed E-state index contributed by atoms with van der Waals surface area (Å²) >= 11 is 0. The maximum Gasteiger partial charge on any atom is 0.404 e. The Balaban J connectivity index is 1.82. The first-order valence-electron chi connectivity index (χ1n) is 5.81. The van der Waals surface area contributed by atoms with Gasteiger partial charge in [0.2, 0.25) is 0 Å². The predicted octanol–water partition coefficient (Wildman–Crippen LogP) is 1.93. The first-order valence-corrected chi connectivity index (χ1v) is 5.81. The minimum absolute atomic E-state index is 0.0755. The minimum Gasteiger partial charge on any atom is -0.446 e. The zero-order chi connectivity index (χ0) is 10.6. The Kier molecular flexibility index (Phi) is 1.85. The second-order valence-electron chi connectivity index (χ2n) is 5.22. The first kappa shape index (κ1) is 9.25. The molecule has 82 valence electrons. The van der Waals surface area contributed by atoms with E-state index in [0.29, 0.717) is 17.8 Å². The zero-order valence-corrected chi connectivity index (χ0v) is 8.93. The van der Waals surface area contributed by atoms with E-state index < -0.39 is 6.09 Å². The Bertz CT molecular complexity index is 326. The summed E-state index contributed by atoms with van der Waals surface area (Å²) in [6, 6.07) is 0. The topological polar surface area (TPSA) is 52.3 Å². The summed E-state index contributed by atoms with van der Waals surface area (Å²) in [7, 11) is 0. The fourth-order valence-corrected chi connectivity index (χ4v) is 4.27. The Hall–Kier alpha value is -0.990. The van der Waals surface area contributed by atoms with Crippen LogP contribution in [-0.4, -0.2) is 12.2 Å². The van der Waals surface area contributed by atoms with Crippen LogP contribution >= 0.6 is 0 Å². The molecule has 0 radical (unpaired) electrons. The highest BCUT2D eigenvalue weighted by atomic mass is 16.6. The largest absolute Gasteiger partial charge is 0.446 e. The Morgan fingerprint density at radius 1 is 1.47 bits per heavy atom. The Morgan fingerprint density at radius 2 is 2.27 bits per heavy atom. The second kappa shape index (κ2) is 3.00. The zero-order valence-electron chi connectivity index (χ0n) is 8.93. The van der Waals surface area contributed by atoms with E-state index in [1.807, 2.05) is 0 Å². The highest BCUT2D eigenvalue weighted by Gasteiger charge is 2.58. The predicted molar refractivity (Wildman–Crippen MR) is 56.0 cm³/mol. The van der Waals surface area contributed by atoms with Gasteiger partial charge in [-0.1, -0.05) is 19.1 Å². The molecule has 3 nitrogen and oxygen atoms in total. The lowest BCUT2D eigenvalue weighted by Gasteiger charge is -2.30. The lowest BCUT2D eigenvalue weighted by molar-refractivity contribution is 0.0454. The molecule has 5 unspecified atom stereocenters. The number of nitrogens with two attached hydrogens (primary N) is 1. The summed E-state index contributed by atoms with van der Waals surface area (Å²) in [6.45, 7) is 2.30. The van der Waals surface area contributed by atoms with E-state index in [1.54, 1.807) is 0 Å². The molecule has 3 aliphatic rings. The summed E-state index contributed by atoms with van der Waals surface area (Å²) in [5.41, 5.74) is 5.11. The highest BCUT2D eigenvalue weighted by molar-refractivity contribution is 5.65. The number of amides is 1. The molecule has 15 heavy (non-hydrogen) atoms. The van der Waals surface area contributed by atoms with Crippen LogP contribution in [-0.2, 0) is 4.74 Å². The van der Waals surface area contributed by atoms with Gasteiger partial charge in [0.05, 0.1) is 0 Å². The molecule has 3 aliphatic carbocycles. The number of carbonyl (C=O) groups excluding carboxylic acids is 1. The number of fused-ring (bicyclic) bond motifs is 5.